The van der Waals surface area contributed by atoms with Gasteiger partial charge in [0, 0.05) is 45.5 Å². The quantitative estimate of drug-likeness (QED) is 0.0945. The van der Waals surface area contributed by atoms with Crippen LogP contribution in [-0.2, 0) is 9.53 Å². The Balaban J connectivity index is 0. The highest BCUT2D eigenvalue weighted by molar-refractivity contribution is 6.00. The number of ether oxygens (including phenoxy) is 1. The first-order valence-electron chi connectivity index (χ1n) is 14.4. The van der Waals surface area contributed by atoms with Gasteiger partial charge in [-0.15, -0.1) is 0 Å². The van der Waals surface area contributed by atoms with Gasteiger partial charge in [0.2, 0.25) is 0 Å². The fourth-order valence-electron chi connectivity index (χ4n) is 3.37. The van der Waals surface area contributed by atoms with E-state index in [-0.39, 0.29) is 12.8 Å². The van der Waals surface area contributed by atoms with E-state index < -0.39 is 17.6 Å². The lowest BCUT2D eigenvalue weighted by Gasteiger charge is -2.25. The highest BCUT2D eigenvalue weighted by Crippen LogP contribution is 2.25. The summed E-state index contributed by atoms with van der Waals surface area (Å²) in [5, 5.41) is 19.1. The molecule has 0 aromatic heterocycles. The maximum Gasteiger partial charge on any atom is 0.307 e. The second-order valence-electron chi connectivity index (χ2n) is 8.57. The predicted octanol–water partition coefficient (Wildman–Crippen LogP) is 7.86. The molecule has 0 heterocycles. The van der Waals surface area contributed by atoms with E-state index in [4.69, 9.17) is 14.9 Å². The predicted molar refractivity (Wildman–Crippen MR) is 176 cm³/mol. The minimum Gasteiger partial charge on any atom is -0.481 e. The highest BCUT2D eigenvalue weighted by atomic mass is 19.2. The number of carboxylic acid groups (broad SMARTS) is 1. The molecule has 0 unspecified atom stereocenters. The number of nitrogens with zero attached hydrogens (tertiary/aromatic N) is 2. The second-order valence-corrected chi connectivity index (χ2v) is 8.57. The topological polar surface area (TPSA) is 94.4 Å². The van der Waals surface area contributed by atoms with Crippen molar-refractivity contribution in [3.63, 3.8) is 0 Å². The Morgan fingerprint density at radius 2 is 1.81 bits per heavy atom. The maximum atomic E-state index is 14.5. The van der Waals surface area contributed by atoms with Crippen molar-refractivity contribution in [3.05, 3.63) is 108 Å². The van der Waals surface area contributed by atoms with Gasteiger partial charge in [-0.2, -0.15) is 0 Å². The molecule has 1 aliphatic rings. The number of amidine groups is 1. The first-order valence-corrected chi connectivity index (χ1v) is 14.4. The Labute approximate surface area is 257 Å². The summed E-state index contributed by atoms with van der Waals surface area (Å²) in [5.41, 5.74) is 2.25. The lowest BCUT2D eigenvalue weighted by molar-refractivity contribution is -0.136. The zero-order valence-corrected chi connectivity index (χ0v) is 26.9. The van der Waals surface area contributed by atoms with Gasteiger partial charge in [-0.3, -0.25) is 4.79 Å². The normalized spacial score (nSPS) is 14.3. The van der Waals surface area contributed by atoms with E-state index in [9.17, 15) is 13.6 Å². The summed E-state index contributed by atoms with van der Waals surface area (Å²) in [6.07, 6.45) is 21.0. The van der Waals surface area contributed by atoms with Crippen LogP contribution in [0.3, 0.4) is 0 Å². The summed E-state index contributed by atoms with van der Waals surface area (Å²) in [5.74, 6) is -2.01. The molecule has 0 aromatic rings. The molecule has 0 atom stereocenters. The fourth-order valence-corrected chi connectivity index (χ4v) is 3.37. The minimum atomic E-state index is -0.937. The van der Waals surface area contributed by atoms with E-state index in [1.54, 1.807) is 37.3 Å². The SMILES string of the molecule is C=C(/N=C(/C1=CC=CC(F)=C(F)C1)N(C)C(/C=C\CC)=C/C=C/CC(=O)O)NCCC(/C=C\CC)=C/COC.CC.CO. The van der Waals surface area contributed by atoms with Crippen LogP contribution < -0.4 is 5.32 Å². The molecule has 0 amide bonds. The van der Waals surface area contributed by atoms with Crippen molar-refractivity contribution in [3.8, 4) is 0 Å². The second kappa shape index (κ2) is 27.0. The first kappa shape index (κ1) is 41.3. The molecule has 0 radical (unpaired) electrons. The Bertz CT molecular complexity index is 1110. The Morgan fingerprint density at radius 1 is 1.16 bits per heavy atom. The first-order chi connectivity index (χ1) is 20.7. The number of rotatable bonds is 16. The van der Waals surface area contributed by atoms with Crippen molar-refractivity contribution in [2.45, 2.75) is 59.8 Å². The van der Waals surface area contributed by atoms with Gasteiger partial charge in [0.25, 0.3) is 0 Å². The van der Waals surface area contributed by atoms with Gasteiger partial charge >= 0.3 is 5.97 Å². The molecule has 1 rings (SSSR count). The lowest BCUT2D eigenvalue weighted by Crippen LogP contribution is -2.29. The molecule has 0 saturated carbocycles. The third-order valence-electron chi connectivity index (χ3n) is 5.42. The van der Waals surface area contributed by atoms with Gasteiger partial charge in [0.1, 0.15) is 17.5 Å². The molecule has 9 heteroatoms. The molecular weight excluding hydrogens is 552 g/mol. The van der Waals surface area contributed by atoms with E-state index in [1.807, 2.05) is 39.0 Å². The molecule has 0 aromatic carbocycles. The molecule has 0 saturated heterocycles. The Morgan fingerprint density at radius 3 is 2.42 bits per heavy atom. The van der Waals surface area contributed by atoms with E-state index in [0.717, 1.165) is 31.6 Å². The van der Waals surface area contributed by atoms with Crippen molar-refractivity contribution in [2.24, 2.45) is 4.99 Å². The van der Waals surface area contributed by atoms with Gasteiger partial charge in [-0.05, 0) is 43.1 Å². The summed E-state index contributed by atoms with van der Waals surface area (Å²) in [6, 6.07) is 0. The van der Waals surface area contributed by atoms with Crippen LogP contribution >= 0.6 is 0 Å². The number of methoxy groups -OCH3 is 1. The zero-order valence-electron chi connectivity index (χ0n) is 26.9. The van der Waals surface area contributed by atoms with E-state index in [1.165, 1.54) is 12.2 Å². The number of aliphatic carboxylic acids is 1. The summed E-state index contributed by atoms with van der Waals surface area (Å²) in [4.78, 5) is 17.3. The number of likely N-dealkylation sites (N-methyl/N-ethyl adjacent to an activating group) is 1. The number of aliphatic hydroxyl groups excluding tert-OH is 1. The summed E-state index contributed by atoms with van der Waals surface area (Å²) < 4.78 is 33.6. The fraction of sp³-hybridized carbons (Fsp3) is 0.412. The number of halogens is 2. The van der Waals surface area contributed by atoms with Crippen LogP contribution in [-0.4, -0.2) is 61.3 Å². The van der Waals surface area contributed by atoms with Gasteiger partial charge < -0.3 is 25.2 Å². The van der Waals surface area contributed by atoms with Crippen LogP contribution in [0.5, 0.6) is 0 Å². The number of hydrogen-bond donors (Lipinski definition) is 3. The van der Waals surface area contributed by atoms with Crippen molar-refractivity contribution < 1.29 is 28.5 Å². The van der Waals surface area contributed by atoms with E-state index in [2.05, 4.69) is 36.0 Å². The molecule has 0 aliphatic heterocycles. The summed E-state index contributed by atoms with van der Waals surface area (Å²) >= 11 is 0. The standard InChI is InChI=1S/C31H41F2N3O3.C2H6.CH4O/c1-6-8-13-25(20-22-39-5)19-21-34-24(3)35-31(26-14-12-17-28(32)29(33)23-26)36(4)27(15-9-7-2)16-10-11-18-30(37)38;2*1-2/h8-17,20,34H,3,6-7,18-19,21-23H2,1-2,4-5H3,(H,37,38);1-2H3;2H,1H3/b11-10+,13-8-,15-9-,25-20+,27-16+,35-31-;;. The summed E-state index contributed by atoms with van der Waals surface area (Å²) in [7, 11) is 4.41. The van der Waals surface area contributed by atoms with Crippen LogP contribution in [0, 0.1) is 0 Å². The zero-order chi connectivity index (χ0) is 33.0. The Kier molecular flexibility index (Phi) is 26.0. The van der Waals surface area contributed by atoms with Crippen molar-refractivity contribution >= 4 is 11.8 Å². The molecular formula is C34H51F2N3O4. The molecule has 0 bridgehead atoms. The number of carboxylic acids is 1. The molecule has 0 fully saturated rings. The van der Waals surface area contributed by atoms with Crippen LogP contribution in [0.2, 0.25) is 0 Å². The summed E-state index contributed by atoms with van der Waals surface area (Å²) in [6.45, 7) is 13.2. The van der Waals surface area contributed by atoms with Gasteiger partial charge in [-0.25, -0.2) is 13.8 Å². The van der Waals surface area contributed by atoms with Gasteiger partial charge in [0.15, 0.2) is 5.83 Å². The molecule has 3 N–H and O–H groups in total. The molecule has 7 nitrogen and oxygen atoms in total. The number of nitrogens with one attached hydrogen (secondary N) is 1. The largest absolute Gasteiger partial charge is 0.481 e. The maximum absolute atomic E-state index is 14.5. The number of carbonyl (C=O) groups is 1. The average Bonchev–Trinajstić information content (AvgIpc) is 3.17. The van der Waals surface area contributed by atoms with Gasteiger partial charge in [-0.1, -0.05) is 82.9 Å². The number of aliphatic imine (C=N–C) groups is 1. The van der Waals surface area contributed by atoms with E-state index >= 15 is 0 Å². The Hall–Kier alpha value is -3.82. The molecule has 1 aliphatic carbocycles. The average molecular weight is 604 g/mol. The third kappa shape index (κ3) is 19.1. The third-order valence-corrected chi connectivity index (χ3v) is 5.42. The van der Waals surface area contributed by atoms with E-state index in [0.29, 0.717) is 42.5 Å². The highest BCUT2D eigenvalue weighted by Gasteiger charge is 2.19. The number of allylic oxidation sites excluding steroid dienone is 11. The van der Waals surface area contributed by atoms with Crippen molar-refractivity contribution in [1.82, 2.24) is 10.2 Å². The van der Waals surface area contributed by atoms with Gasteiger partial charge in [0.05, 0.1) is 13.0 Å². The van der Waals surface area contributed by atoms with Crippen LogP contribution in [0.15, 0.2) is 113 Å². The van der Waals surface area contributed by atoms with Crippen molar-refractivity contribution in [1.29, 1.82) is 0 Å². The van der Waals surface area contributed by atoms with Crippen LogP contribution in [0.4, 0.5) is 8.78 Å². The molecule has 240 valence electrons. The van der Waals surface area contributed by atoms with Crippen LogP contribution in [0.1, 0.15) is 59.8 Å². The smallest absolute Gasteiger partial charge is 0.307 e. The number of aliphatic hydroxyl groups is 1. The lowest BCUT2D eigenvalue weighted by atomic mass is 10.1. The van der Waals surface area contributed by atoms with Crippen LogP contribution in [0.25, 0.3) is 0 Å². The molecule has 43 heavy (non-hydrogen) atoms. The number of hydrogen-bond acceptors (Lipinski definition) is 5. The monoisotopic (exact) mass is 603 g/mol. The van der Waals surface area contributed by atoms with Crippen molar-refractivity contribution in [2.75, 3.05) is 34.4 Å². The molecule has 0 spiro atoms. The minimum absolute atomic E-state index is 0.119.